The fourth-order valence-corrected chi connectivity index (χ4v) is 3.67. The molecule has 3 rings (SSSR count). The smallest absolute Gasteiger partial charge is 0.190 e. The quantitative estimate of drug-likeness (QED) is 0.675. The van der Waals surface area contributed by atoms with Gasteiger partial charge in [-0.25, -0.2) is 0 Å². The van der Waals surface area contributed by atoms with Crippen LogP contribution in [0.3, 0.4) is 0 Å². The Morgan fingerprint density at radius 2 is 1.33 bits per heavy atom. The predicted octanol–water partition coefficient (Wildman–Crippen LogP) is -0.330. The third kappa shape index (κ3) is 3.76. The van der Waals surface area contributed by atoms with Crippen LogP contribution in [0, 0.1) is 0 Å². The third-order valence-corrected chi connectivity index (χ3v) is 4.52. The van der Waals surface area contributed by atoms with Gasteiger partial charge in [0.25, 0.3) is 0 Å². The van der Waals surface area contributed by atoms with Crippen molar-refractivity contribution in [2.75, 3.05) is 32.8 Å². The molecule has 8 heteroatoms. The summed E-state index contributed by atoms with van der Waals surface area (Å²) < 4.78 is 30.1. The first kappa shape index (κ1) is 18.5. The van der Waals surface area contributed by atoms with Crippen molar-refractivity contribution in [3.63, 3.8) is 0 Å². The van der Waals surface area contributed by atoms with Crippen LogP contribution in [0.25, 0.3) is 0 Å². The van der Waals surface area contributed by atoms with E-state index in [4.69, 9.17) is 23.7 Å². The Bertz CT molecular complexity index is 436. The maximum absolute atomic E-state index is 9.22. The van der Waals surface area contributed by atoms with Crippen molar-refractivity contribution in [2.24, 2.45) is 0 Å². The number of aliphatic hydroxyl groups excluding tert-OH is 2. The molecule has 0 amide bonds. The van der Waals surface area contributed by atoms with Crippen LogP contribution in [0.5, 0.6) is 0 Å². The van der Waals surface area contributed by atoms with Crippen LogP contribution in [0.15, 0.2) is 0 Å². The van der Waals surface area contributed by atoms with Gasteiger partial charge >= 0.3 is 0 Å². The molecule has 0 saturated carbocycles. The summed E-state index contributed by atoms with van der Waals surface area (Å²) in [5.74, 6) is -1.46. The van der Waals surface area contributed by atoms with Gasteiger partial charge in [-0.15, -0.1) is 0 Å². The lowest BCUT2D eigenvalue weighted by Gasteiger charge is -2.39. The van der Waals surface area contributed by atoms with Gasteiger partial charge < -0.3 is 33.9 Å². The minimum atomic E-state index is -0.735. The van der Waals surface area contributed by atoms with E-state index < -0.39 is 17.9 Å². The normalized spacial score (nSPS) is 39.9. The largest absolute Gasteiger partial charge is 0.395 e. The van der Waals surface area contributed by atoms with Crippen LogP contribution in [-0.2, 0) is 23.7 Å². The molecular weight excluding hydrogens is 318 g/mol. The molecule has 0 unspecified atom stereocenters. The molecule has 3 heterocycles. The number of rotatable bonds is 6. The second kappa shape index (κ2) is 6.77. The molecule has 2 N–H and O–H groups in total. The molecule has 0 aromatic carbocycles. The number of nitrogens with zero attached hydrogens (tertiary/aromatic N) is 1. The summed E-state index contributed by atoms with van der Waals surface area (Å²) in [6.07, 6.45) is -1.73. The van der Waals surface area contributed by atoms with Crippen LogP contribution in [0.2, 0.25) is 0 Å². The summed E-state index contributed by atoms with van der Waals surface area (Å²) in [6.45, 7) is 8.90. The Morgan fingerprint density at radius 3 is 1.96 bits per heavy atom. The molecule has 5 atom stereocenters. The van der Waals surface area contributed by atoms with Crippen LogP contribution >= 0.6 is 0 Å². The molecule has 0 radical (unpaired) electrons. The third-order valence-electron chi connectivity index (χ3n) is 4.52. The van der Waals surface area contributed by atoms with Gasteiger partial charge in [0.1, 0.15) is 24.4 Å². The summed E-state index contributed by atoms with van der Waals surface area (Å²) in [5, 5.41) is 18.4. The van der Waals surface area contributed by atoms with E-state index in [9.17, 15) is 10.2 Å². The van der Waals surface area contributed by atoms with Gasteiger partial charge in [0.05, 0.1) is 13.2 Å². The van der Waals surface area contributed by atoms with Crippen molar-refractivity contribution in [3.8, 4) is 0 Å². The van der Waals surface area contributed by atoms with E-state index in [0.29, 0.717) is 19.6 Å². The van der Waals surface area contributed by atoms with Gasteiger partial charge in [0.2, 0.25) is 0 Å². The fraction of sp³-hybridized carbons (Fsp3) is 1.00. The molecule has 8 nitrogen and oxygen atoms in total. The van der Waals surface area contributed by atoms with Crippen molar-refractivity contribution in [3.05, 3.63) is 0 Å². The second-order valence-corrected chi connectivity index (χ2v) is 7.46. The van der Waals surface area contributed by atoms with Crippen molar-refractivity contribution >= 4 is 0 Å². The topological polar surface area (TPSA) is 89.9 Å². The number of aliphatic hydroxyl groups is 2. The zero-order chi connectivity index (χ0) is 17.5. The van der Waals surface area contributed by atoms with Crippen LogP contribution in [-0.4, -0.2) is 90.2 Å². The van der Waals surface area contributed by atoms with Crippen molar-refractivity contribution in [2.45, 2.75) is 70.0 Å². The maximum atomic E-state index is 9.22. The first-order chi connectivity index (χ1) is 11.2. The Labute approximate surface area is 142 Å². The SMILES string of the molecule is CC1(C)O[C@H]2[C@@H](O1)[C@@H](CN(CCO)CCO)O[C@@H]1OC(C)(C)O[C@@H]12. The van der Waals surface area contributed by atoms with E-state index >= 15 is 0 Å². The average Bonchev–Trinajstić information content (AvgIpc) is 2.94. The lowest BCUT2D eigenvalue weighted by molar-refractivity contribution is -0.236. The molecule has 0 aliphatic carbocycles. The van der Waals surface area contributed by atoms with E-state index in [2.05, 4.69) is 0 Å². The number of ether oxygens (including phenoxy) is 5. The zero-order valence-corrected chi connectivity index (χ0v) is 14.8. The van der Waals surface area contributed by atoms with E-state index in [0.717, 1.165) is 0 Å². The molecule has 0 aromatic heterocycles. The van der Waals surface area contributed by atoms with Crippen LogP contribution in [0.1, 0.15) is 27.7 Å². The minimum Gasteiger partial charge on any atom is -0.395 e. The van der Waals surface area contributed by atoms with Crippen LogP contribution < -0.4 is 0 Å². The van der Waals surface area contributed by atoms with E-state index in [1.54, 1.807) is 0 Å². The Hall–Kier alpha value is -0.320. The molecular formula is C16H29NO7. The Kier molecular flexibility index (Phi) is 5.21. The van der Waals surface area contributed by atoms with Crippen molar-refractivity contribution < 1.29 is 33.9 Å². The summed E-state index contributed by atoms with van der Waals surface area (Å²) in [6, 6.07) is 0. The molecule has 3 fully saturated rings. The molecule has 140 valence electrons. The van der Waals surface area contributed by atoms with Crippen molar-refractivity contribution in [1.29, 1.82) is 0 Å². The monoisotopic (exact) mass is 347 g/mol. The van der Waals surface area contributed by atoms with E-state index in [1.807, 2.05) is 32.6 Å². The molecule has 0 spiro atoms. The summed E-state index contributed by atoms with van der Waals surface area (Å²) in [4.78, 5) is 1.94. The molecule has 3 saturated heterocycles. The molecule has 0 aromatic rings. The highest BCUT2D eigenvalue weighted by Gasteiger charge is 2.60. The van der Waals surface area contributed by atoms with E-state index in [-0.39, 0.29) is 37.6 Å². The molecule has 3 aliphatic rings. The minimum absolute atomic E-state index is 0.0162. The van der Waals surface area contributed by atoms with Gasteiger partial charge in [-0.2, -0.15) is 0 Å². The standard InChI is InChI=1S/C16H29NO7/c1-15(2)21-11-10(9-17(5-7-18)6-8-19)20-14-13(12(11)22-15)23-16(3,4)24-14/h10-14,18-19H,5-9H2,1-4H3/t10-,11+,12+,13-,14-/m1/s1. The maximum Gasteiger partial charge on any atom is 0.190 e. The first-order valence-corrected chi connectivity index (χ1v) is 8.55. The highest BCUT2D eigenvalue weighted by molar-refractivity contribution is 5.00. The Balaban J connectivity index is 1.77. The van der Waals surface area contributed by atoms with Gasteiger partial charge in [-0.05, 0) is 27.7 Å². The highest BCUT2D eigenvalue weighted by Crippen LogP contribution is 2.44. The second-order valence-electron chi connectivity index (χ2n) is 7.46. The molecule has 24 heavy (non-hydrogen) atoms. The summed E-state index contributed by atoms with van der Waals surface area (Å²) in [5.41, 5.74) is 0. The lowest BCUT2D eigenvalue weighted by Crippen LogP contribution is -2.58. The number of hydrogen-bond donors (Lipinski definition) is 2. The van der Waals surface area contributed by atoms with Gasteiger partial charge in [-0.3, -0.25) is 4.90 Å². The van der Waals surface area contributed by atoms with E-state index in [1.165, 1.54) is 0 Å². The van der Waals surface area contributed by atoms with Gasteiger partial charge in [0.15, 0.2) is 17.9 Å². The zero-order valence-electron chi connectivity index (χ0n) is 14.8. The van der Waals surface area contributed by atoms with Crippen LogP contribution in [0.4, 0.5) is 0 Å². The van der Waals surface area contributed by atoms with Gasteiger partial charge in [0, 0.05) is 19.6 Å². The van der Waals surface area contributed by atoms with Gasteiger partial charge in [-0.1, -0.05) is 0 Å². The fourth-order valence-electron chi connectivity index (χ4n) is 3.67. The Morgan fingerprint density at radius 1 is 0.792 bits per heavy atom. The van der Waals surface area contributed by atoms with Crippen molar-refractivity contribution in [1.82, 2.24) is 4.90 Å². The first-order valence-electron chi connectivity index (χ1n) is 8.55. The molecule has 0 bridgehead atoms. The highest BCUT2D eigenvalue weighted by atomic mass is 16.9. The molecule has 3 aliphatic heterocycles. The average molecular weight is 347 g/mol. The summed E-state index contributed by atoms with van der Waals surface area (Å²) >= 11 is 0. The number of hydrogen-bond acceptors (Lipinski definition) is 8. The lowest BCUT2D eigenvalue weighted by atomic mass is 9.98. The summed E-state index contributed by atoms with van der Waals surface area (Å²) in [7, 11) is 0. The number of fused-ring (bicyclic) bond motifs is 3. The predicted molar refractivity (Wildman–Crippen MR) is 83.1 cm³/mol.